The topological polar surface area (TPSA) is 46.9 Å². The fourth-order valence-electron chi connectivity index (χ4n) is 2.82. The molecule has 1 aromatic carbocycles. The Morgan fingerprint density at radius 2 is 2.00 bits per heavy atom. The van der Waals surface area contributed by atoms with E-state index in [1.54, 1.807) is 17.5 Å². The molecule has 0 unspecified atom stereocenters. The van der Waals surface area contributed by atoms with E-state index < -0.39 is 0 Å². The number of amides is 1. The summed E-state index contributed by atoms with van der Waals surface area (Å²) >= 11 is 3.40. The summed E-state index contributed by atoms with van der Waals surface area (Å²) in [6.07, 6.45) is 1.78. The molecule has 0 aliphatic carbocycles. The van der Waals surface area contributed by atoms with Crippen molar-refractivity contribution < 1.29 is 4.79 Å². The van der Waals surface area contributed by atoms with Crippen molar-refractivity contribution in [3.05, 3.63) is 70.0 Å². The molecule has 0 bridgehead atoms. The number of nitrogens with one attached hydrogen (secondary N) is 1. The smallest absolute Gasteiger partial charge is 0.253 e. The minimum Gasteiger partial charge on any atom is -0.351 e. The Balaban J connectivity index is 1.51. The summed E-state index contributed by atoms with van der Waals surface area (Å²) in [6, 6.07) is 10.5. The molecule has 0 radical (unpaired) electrons. The molecule has 2 aromatic heterocycles. The Morgan fingerprint density at radius 3 is 2.69 bits per heavy atom. The van der Waals surface area contributed by atoms with Crippen molar-refractivity contribution in [2.45, 2.75) is 26.5 Å². The van der Waals surface area contributed by atoms with Gasteiger partial charge < -0.3 is 5.32 Å². The lowest BCUT2D eigenvalue weighted by atomic mass is 10.2. The molecule has 0 aliphatic heterocycles. The van der Waals surface area contributed by atoms with Gasteiger partial charge in [0.15, 0.2) is 5.13 Å². The second-order valence-corrected chi connectivity index (χ2v) is 8.21. The quantitative estimate of drug-likeness (QED) is 0.608. The molecule has 2 heterocycles. The summed E-state index contributed by atoms with van der Waals surface area (Å²) in [4.78, 5) is 16.9. The molecule has 1 amide bonds. The van der Waals surface area contributed by atoms with E-state index in [0.29, 0.717) is 6.54 Å². The molecule has 26 heavy (non-hydrogen) atoms. The van der Waals surface area contributed by atoms with Gasteiger partial charge in [-0.3, -0.25) is 9.36 Å². The van der Waals surface area contributed by atoms with Gasteiger partial charge in [0, 0.05) is 41.0 Å². The zero-order valence-corrected chi connectivity index (χ0v) is 16.9. The lowest BCUT2D eigenvalue weighted by Crippen LogP contribution is -2.26. The van der Waals surface area contributed by atoms with E-state index in [-0.39, 0.29) is 5.91 Å². The summed E-state index contributed by atoms with van der Waals surface area (Å²) in [5.74, 6) is 1.84. The highest BCUT2D eigenvalue weighted by Gasteiger charge is 2.17. The van der Waals surface area contributed by atoms with Gasteiger partial charge in [0.1, 0.15) is 0 Å². The summed E-state index contributed by atoms with van der Waals surface area (Å²) < 4.78 is 2.03. The monoisotopic (exact) mass is 385 g/mol. The van der Waals surface area contributed by atoms with Crippen LogP contribution in [0.2, 0.25) is 0 Å². The number of thioether (sulfide) groups is 1. The fraction of sp³-hybridized carbons (Fsp3) is 0.300. The van der Waals surface area contributed by atoms with Gasteiger partial charge in [0.05, 0.1) is 5.56 Å². The van der Waals surface area contributed by atoms with Crippen LogP contribution in [0.15, 0.2) is 41.9 Å². The third-order valence-electron chi connectivity index (χ3n) is 4.21. The van der Waals surface area contributed by atoms with Crippen LogP contribution < -0.4 is 5.32 Å². The number of carbonyl (C=O) groups excluding carboxylic acids is 1. The van der Waals surface area contributed by atoms with E-state index in [4.69, 9.17) is 0 Å². The van der Waals surface area contributed by atoms with Gasteiger partial charge in [-0.1, -0.05) is 29.8 Å². The first kappa shape index (κ1) is 18.7. The van der Waals surface area contributed by atoms with Crippen LogP contribution in [0.1, 0.15) is 32.9 Å². The molecular weight excluding hydrogens is 362 g/mol. The molecule has 0 atom stereocenters. The molecule has 0 saturated carbocycles. The third kappa shape index (κ3) is 4.37. The van der Waals surface area contributed by atoms with Crippen molar-refractivity contribution >= 4 is 29.0 Å². The Kier molecular flexibility index (Phi) is 6.16. The number of benzene rings is 1. The normalized spacial score (nSPS) is 10.9. The van der Waals surface area contributed by atoms with Gasteiger partial charge in [-0.05, 0) is 32.4 Å². The number of rotatable bonds is 7. The number of nitrogens with zero attached hydrogens (tertiary/aromatic N) is 2. The molecule has 136 valence electrons. The average Bonchev–Trinajstić information content (AvgIpc) is 3.24. The van der Waals surface area contributed by atoms with Gasteiger partial charge >= 0.3 is 0 Å². The van der Waals surface area contributed by atoms with Crippen LogP contribution in [0.25, 0.3) is 5.13 Å². The van der Waals surface area contributed by atoms with E-state index in [2.05, 4.69) is 41.5 Å². The number of carbonyl (C=O) groups is 1. The largest absolute Gasteiger partial charge is 0.351 e. The fourth-order valence-corrected chi connectivity index (χ4v) is 4.39. The summed E-state index contributed by atoms with van der Waals surface area (Å²) in [5.41, 5.74) is 5.28. The van der Waals surface area contributed by atoms with E-state index in [9.17, 15) is 4.79 Å². The lowest BCUT2D eigenvalue weighted by Gasteiger charge is -2.07. The number of hydrogen-bond acceptors (Lipinski definition) is 4. The van der Waals surface area contributed by atoms with Crippen LogP contribution in [-0.2, 0) is 5.75 Å². The van der Waals surface area contributed by atoms with Gasteiger partial charge in [-0.25, -0.2) is 4.98 Å². The van der Waals surface area contributed by atoms with E-state index in [1.165, 1.54) is 11.1 Å². The molecule has 1 N–H and O–H groups in total. The zero-order valence-electron chi connectivity index (χ0n) is 15.3. The van der Waals surface area contributed by atoms with Crippen LogP contribution in [0, 0.1) is 20.8 Å². The molecule has 3 aromatic rings. The van der Waals surface area contributed by atoms with E-state index in [0.717, 1.165) is 33.6 Å². The molecule has 3 rings (SSSR count). The van der Waals surface area contributed by atoms with Crippen molar-refractivity contribution in [1.29, 1.82) is 0 Å². The highest BCUT2D eigenvalue weighted by atomic mass is 32.2. The molecule has 4 nitrogen and oxygen atoms in total. The molecule has 0 aliphatic rings. The molecule has 0 spiro atoms. The van der Waals surface area contributed by atoms with Crippen molar-refractivity contribution in [1.82, 2.24) is 14.9 Å². The first-order valence-corrected chi connectivity index (χ1v) is 10.6. The Morgan fingerprint density at radius 1 is 1.23 bits per heavy atom. The summed E-state index contributed by atoms with van der Waals surface area (Å²) in [5, 5.41) is 5.87. The van der Waals surface area contributed by atoms with Gasteiger partial charge in [0.2, 0.25) is 0 Å². The van der Waals surface area contributed by atoms with Crippen LogP contribution >= 0.6 is 23.1 Å². The predicted octanol–water partition coefficient (Wildman–Crippen LogP) is 4.52. The van der Waals surface area contributed by atoms with E-state index >= 15 is 0 Å². The number of aromatic nitrogens is 2. The van der Waals surface area contributed by atoms with Gasteiger partial charge in [0.25, 0.3) is 5.91 Å². The zero-order chi connectivity index (χ0) is 18.5. The Bertz CT molecular complexity index is 867. The van der Waals surface area contributed by atoms with Crippen molar-refractivity contribution in [3.8, 4) is 5.13 Å². The predicted molar refractivity (Wildman–Crippen MR) is 111 cm³/mol. The third-order valence-corrected chi connectivity index (χ3v) is 5.99. The minimum absolute atomic E-state index is 0.0168. The number of aryl methyl sites for hydroxylation is 2. The first-order chi connectivity index (χ1) is 12.6. The lowest BCUT2D eigenvalue weighted by molar-refractivity contribution is 0.0955. The summed E-state index contributed by atoms with van der Waals surface area (Å²) in [7, 11) is 0. The first-order valence-electron chi connectivity index (χ1n) is 8.56. The molecular formula is C20H23N3OS2. The maximum Gasteiger partial charge on any atom is 0.253 e. The van der Waals surface area contributed by atoms with Crippen molar-refractivity contribution in [3.63, 3.8) is 0 Å². The van der Waals surface area contributed by atoms with Crippen LogP contribution in [0.5, 0.6) is 0 Å². The van der Waals surface area contributed by atoms with Gasteiger partial charge in [-0.15, -0.1) is 11.3 Å². The van der Waals surface area contributed by atoms with E-state index in [1.807, 2.05) is 41.6 Å². The average molecular weight is 386 g/mol. The van der Waals surface area contributed by atoms with Crippen molar-refractivity contribution in [2.24, 2.45) is 0 Å². The highest BCUT2D eigenvalue weighted by molar-refractivity contribution is 7.98. The van der Waals surface area contributed by atoms with Crippen LogP contribution in [-0.4, -0.2) is 27.8 Å². The minimum atomic E-state index is -0.0168. The van der Waals surface area contributed by atoms with Crippen LogP contribution in [0.4, 0.5) is 0 Å². The van der Waals surface area contributed by atoms with Gasteiger partial charge in [-0.2, -0.15) is 11.8 Å². The number of thiazole rings is 1. The molecule has 0 fully saturated rings. The summed E-state index contributed by atoms with van der Waals surface area (Å²) in [6.45, 7) is 6.73. The molecule has 0 saturated heterocycles. The Labute approximate surface area is 162 Å². The second kappa shape index (κ2) is 8.56. The second-order valence-electron chi connectivity index (χ2n) is 6.23. The maximum atomic E-state index is 12.5. The van der Waals surface area contributed by atoms with Crippen molar-refractivity contribution in [2.75, 3.05) is 12.3 Å². The molecule has 6 heteroatoms. The van der Waals surface area contributed by atoms with Crippen LogP contribution in [0.3, 0.4) is 0 Å². The maximum absolute atomic E-state index is 12.5. The number of hydrogen-bond donors (Lipinski definition) is 1. The SMILES string of the molecule is Cc1ccc(CSCCNC(=O)c2cc(C)n(-c3nccs3)c2C)cc1. The highest BCUT2D eigenvalue weighted by Crippen LogP contribution is 2.22. The Hall–Kier alpha value is -2.05. The standard InChI is InChI=1S/C20H23N3OS2/c1-14-4-6-17(7-5-14)13-25-10-8-21-19(24)18-12-15(2)23(16(18)3)20-22-9-11-26-20/h4-7,9,11-12H,8,10,13H2,1-3H3,(H,21,24).